The molecule has 3 N–H and O–H groups in total. The third-order valence-corrected chi connectivity index (χ3v) is 4.13. The van der Waals surface area contributed by atoms with E-state index in [-0.39, 0.29) is 18.8 Å². The quantitative estimate of drug-likeness (QED) is 0.597. The third kappa shape index (κ3) is 5.74. The fraction of sp³-hybridized carbons (Fsp3) is 0.350. The molecule has 9 heteroatoms. The van der Waals surface area contributed by atoms with Crippen LogP contribution >= 0.6 is 0 Å². The minimum atomic E-state index is -1.46. The van der Waals surface area contributed by atoms with Gasteiger partial charge in [-0.2, -0.15) is 0 Å². The number of ether oxygens (including phenoxy) is 2. The molecular formula is C20H23N3O6. The smallest absolute Gasteiger partial charge is 0.312 e. The second-order valence-electron chi connectivity index (χ2n) is 6.14. The number of aromatic nitrogens is 1. The van der Waals surface area contributed by atoms with E-state index in [4.69, 9.17) is 15.2 Å². The molecule has 154 valence electrons. The largest absolute Gasteiger partial charge is 0.466 e. The first-order valence-corrected chi connectivity index (χ1v) is 9.14. The minimum Gasteiger partial charge on any atom is -0.466 e. The Labute approximate surface area is 167 Å². The topological polar surface area (TPSA) is 138 Å². The van der Waals surface area contributed by atoms with Gasteiger partial charge < -0.3 is 20.5 Å². The van der Waals surface area contributed by atoms with Gasteiger partial charge in [0.1, 0.15) is 6.04 Å². The number of carbonyl (C=O) groups excluding carboxylic acids is 4. The van der Waals surface area contributed by atoms with Crippen LogP contribution in [0.5, 0.6) is 0 Å². The van der Waals surface area contributed by atoms with Crippen molar-refractivity contribution in [2.24, 2.45) is 11.7 Å². The minimum absolute atomic E-state index is 0.0339. The number of amides is 2. The van der Waals surface area contributed by atoms with Crippen molar-refractivity contribution in [2.75, 3.05) is 13.2 Å². The highest BCUT2D eigenvalue weighted by Gasteiger charge is 2.37. The van der Waals surface area contributed by atoms with E-state index >= 15 is 0 Å². The van der Waals surface area contributed by atoms with Crippen LogP contribution in [0.15, 0.2) is 36.5 Å². The molecule has 2 rings (SSSR count). The number of primary amides is 1. The van der Waals surface area contributed by atoms with E-state index in [1.807, 2.05) is 6.07 Å². The summed E-state index contributed by atoms with van der Waals surface area (Å²) in [4.78, 5) is 53.1. The highest BCUT2D eigenvalue weighted by molar-refractivity contribution is 6.01. The fourth-order valence-electron chi connectivity index (χ4n) is 2.78. The maximum absolute atomic E-state index is 12.7. The number of esters is 2. The highest BCUT2D eigenvalue weighted by atomic mass is 16.5. The van der Waals surface area contributed by atoms with Crippen LogP contribution in [0.25, 0.3) is 10.9 Å². The zero-order chi connectivity index (χ0) is 21.4. The normalized spacial score (nSPS) is 12.6. The van der Waals surface area contributed by atoms with Crippen LogP contribution in [0.3, 0.4) is 0 Å². The first kappa shape index (κ1) is 21.8. The van der Waals surface area contributed by atoms with Crippen molar-refractivity contribution >= 4 is 34.7 Å². The van der Waals surface area contributed by atoms with Crippen molar-refractivity contribution in [1.29, 1.82) is 0 Å². The lowest BCUT2D eigenvalue weighted by molar-refractivity contribution is -0.156. The van der Waals surface area contributed by atoms with Crippen LogP contribution in [0.1, 0.15) is 30.6 Å². The van der Waals surface area contributed by atoms with E-state index in [9.17, 15) is 19.2 Å². The van der Waals surface area contributed by atoms with E-state index < -0.39 is 42.1 Å². The van der Waals surface area contributed by atoms with Gasteiger partial charge in [-0.05, 0) is 26.0 Å². The van der Waals surface area contributed by atoms with Crippen LogP contribution in [0, 0.1) is 5.92 Å². The maximum atomic E-state index is 12.7. The Morgan fingerprint density at radius 1 is 1.10 bits per heavy atom. The van der Waals surface area contributed by atoms with Gasteiger partial charge in [0, 0.05) is 11.6 Å². The molecule has 0 aliphatic carbocycles. The van der Waals surface area contributed by atoms with Crippen molar-refractivity contribution in [3.8, 4) is 0 Å². The average molecular weight is 401 g/mol. The molecule has 0 saturated heterocycles. The first-order valence-electron chi connectivity index (χ1n) is 9.14. The molecule has 1 aromatic heterocycles. The van der Waals surface area contributed by atoms with Crippen LogP contribution in [-0.2, 0) is 23.9 Å². The fourth-order valence-corrected chi connectivity index (χ4v) is 2.78. The molecule has 0 saturated carbocycles. The number of hydrogen-bond acceptors (Lipinski definition) is 7. The van der Waals surface area contributed by atoms with Gasteiger partial charge in [-0.25, -0.2) is 0 Å². The summed E-state index contributed by atoms with van der Waals surface area (Å²) in [6.07, 6.45) is 0.886. The molecule has 9 nitrogen and oxygen atoms in total. The number of benzene rings is 1. The van der Waals surface area contributed by atoms with Crippen LogP contribution in [0.4, 0.5) is 0 Å². The van der Waals surface area contributed by atoms with Crippen molar-refractivity contribution in [1.82, 2.24) is 10.3 Å². The van der Waals surface area contributed by atoms with Gasteiger partial charge in [0.2, 0.25) is 5.91 Å². The van der Waals surface area contributed by atoms with E-state index in [2.05, 4.69) is 10.3 Å². The Bertz CT molecular complexity index is 914. The molecule has 0 spiro atoms. The first-order chi connectivity index (χ1) is 13.9. The Kier molecular flexibility index (Phi) is 7.64. The molecule has 29 heavy (non-hydrogen) atoms. The van der Waals surface area contributed by atoms with Crippen LogP contribution in [-0.4, -0.2) is 48.0 Å². The zero-order valence-electron chi connectivity index (χ0n) is 16.2. The number of rotatable bonds is 9. The molecule has 0 unspecified atom stereocenters. The molecule has 2 atom stereocenters. The predicted molar refractivity (Wildman–Crippen MR) is 104 cm³/mol. The van der Waals surface area contributed by atoms with E-state index in [1.54, 1.807) is 38.1 Å². The SMILES string of the molecule is CCOC(=O)C[C@@H](C(=O)OCC)[C@@H](NC(=O)c1cnc2ccccc2c1)C(N)=O. The van der Waals surface area contributed by atoms with Crippen molar-refractivity contribution in [2.45, 2.75) is 26.3 Å². The summed E-state index contributed by atoms with van der Waals surface area (Å²) in [5, 5.41) is 3.15. The van der Waals surface area contributed by atoms with Gasteiger partial charge >= 0.3 is 11.9 Å². The Balaban J connectivity index is 2.27. The summed E-state index contributed by atoms with van der Waals surface area (Å²) >= 11 is 0. The average Bonchev–Trinajstić information content (AvgIpc) is 2.70. The van der Waals surface area contributed by atoms with Gasteiger partial charge in [0.05, 0.1) is 36.6 Å². The van der Waals surface area contributed by atoms with E-state index in [1.165, 1.54) is 6.20 Å². The lowest BCUT2D eigenvalue weighted by atomic mass is 9.95. The van der Waals surface area contributed by atoms with Crippen molar-refractivity contribution in [3.05, 3.63) is 42.1 Å². The standard InChI is InChI=1S/C20H23N3O6/c1-3-28-16(24)10-14(20(27)29-4-2)17(18(21)25)23-19(26)13-9-12-7-5-6-8-15(12)22-11-13/h5-9,11,14,17H,3-4,10H2,1-2H3,(H2,21,25)(H,23,26)/t14-,17-/m1/s1. The summed E-state index contributed by atoms with van der Waals surface area (Å²) in [5.74, 6) is -4.50. The predicted octanol–water partition coefficient (Wildman–Crippen LogP) is 0.951. The number of carbonyl (C=O) groups is 4. The number of nitrogens with one attached hydrogen (secondary N) is 1. The lowest BCUT2D eigenvalue weighted by Gasteiger charge is -2.23. The summed E-state index contributed by atoms with van der Waals surface area (Å²) < 4.78 is 9.79. The highest BCUT2D eigenvalue weighted by Crippen LogP contribution is 2.16. The Hall–Kier alpha value is -3.49. The Morgan fingerprint density at radius 2 is 1.79 bits per heavy atom. The lowest BCUT2D eigenvalue weighted by Crippen LogP contribution is -2.52. The molecule has 2 amide bonds. The monoisotopic (exact) mass is 401 g/mol. The summed E-state index contributed by atoms with van der Waals surface area (Å²) in [7, 11) is 0. The van der Waals surface area contributed by atoms with Crippen molar-refractivity contribution in [3.63, 3.8) is 0 Å². The zero-order valence-corrected chi connectivity index (χ0v) is 16.2. The van der Waals surface area contributed by atoms with Crippen LogP contribution < -0.4 is 11.1 Å². The number of fused-ring (bicyclic) bond motifs is 1. The summed E-state index contributed by atoms with van der Waals surface area (Å²) in [6.45, 7) is 3.33. The van der Waals surface area contributed by atoms with Gasteiger partial charge in [0.25, 0.3) is 5.91 Å². The van der Waals surface area contributed by atoms with E-state index in [0.717, 1.165) is 5.39 Å². The maximum Gasteiger partial charge on any atom is 0.312 e. The molecule has 0 bridgehead atoms. The molecule has 0 aliphatic heterocycles. The Morgan fingerprint density at radius 3 is 2.45 bits per heavy atom. The van der Waals surface area contributed by atoms with Gasteiger partial charge in [0.15, 0.2) is 0 Å². The summed E-state index contributed by atoms with van der Waals surface area (Å²) in [6, 6.07) is 7.33. The second-order valence-corrected chi connectivity index (χ2v) is 6.14. The number of pyridine rings is 1. The van der Waals surface area contributed by atoms with Gasteiger partial charge in [-0.15, -0.1) is 0 Å². The van der Waals surface area contributed by atoms with E-state index in [0.29, 0.717) is 5.52 Å². The number of nitrogens with two attached hydrogens (primary N) is 1. The van der Waals surface area contributed by atoms with Gasteiger partial charge in [-0.1, -0.05) is 18.2 Å². The van der Waals surface area contributed by atoms with Crippen molar-refractivity contribution < 1.29 is 28.7 Å². The third-order valence-electron chi connectivity index (χ3n) is 4.13. The number of hydrogen-bond donors (Lipinski definition) is 2. The molecule has 1 heterocycles. The molecule has 1 aromatic carbocycles. The van der Waals surface area contributed by atoms with Gasteiger partial charge in [-0.3, -0.25) is 24.2 Å². The summed E-state index contributed by atoms with van der Waals surface area (Å²) in [5.41, 5.74) is 6.28. The molecule has 2 aromatic rings. The molecule has 0 aliphatic rings. The second kappa shape index (κ2) is 10.2. The number of nitrogens with zero attached hydrogens (tertiary/aromatic N) is 1. The van der Waals surface area contributed by atoms with Crippen LogP contribution in [0.2, 0.25) is 0 Å². The molecule has 0 fully saturated rings. The molecule has 0 radical (unpaired) electrons. The number of para-hydroxylation sites is 1. The molecular weight excluding hydrogens is 378 g/mol.